The quantitative estimate of drug-likeness (QED) is 0.601. The Labute approximate surface area is 184 Å². The fourth-order valence-corrected chi connectivity index (χ4v) is 5.82. The number of amides is 1. The molecule has 0 aromatic heterocycles. The molecular weight excluding hydrogens is 448 g/mol. The van der Waals surface area contributed by atoms with Crippen molar-refractivity contribution >= 4 is 30.2 Å². The second kappa shape index (κ2) is 8.69. The van der Waals surface area contributed by atoms with Crippen LogP contribution in [0.1, 0.15) is 50.0 Å². The summed E-state index contributed by atoms with van der Waals surface area (Å²) in [6.45, 7) is 16.8. The molecule has 5 nitrogen and oxygen atoms in total. The summed E-state index contributed by atoms with van der Waals surface area (Å²) in [5.74, 6) is 0.679. The standard InChI is InChI=1S/C22H35BrN2O3Si/c1-7-25-14-18(28-29(5,6)22(2,3)4)12-17(25)13-24-21(26)19-11-16(23)10-15-8-9-27-20(15)19/h10-11,17-18H,7-9,12-14H2,1-6H3,(H,24,26)/t17-,18+/m0/s1. The van der Waals surface area contributed by atoms with Crippen LogP contribution in [0.4, 0.5) is 0 Å². The van der Waals surface area contributed by atoms with Gasteiger partial charge in [0.1, 0.15) is 5.75 Å². The van der Waals surface area contributed by atoms with Crippen LogP contribution >= 0.6 is 15.9 Å². The van der Waals surface area contributed by atoms with E-state index >= 15 is 0 Å². The van der Waals surface area contributed by atoms with Crippen molar-refractivity contribution in [2.24, 2.45) is 0 Å². The molecule has 2 heterocycles. The third kappa shape index (κ3) is 5.06. The highest BCUT2D eigenvalue weighted by Gasteiger charge is 2.42. The molecule has 2 atom stereocenters. The summed E-state index contributed by atoms with van der Waals surface area (Å²) in [6, 6.07) is 4.20. The largest absolute Gasteiger partial charge is 0.492 e. The number of likely N-dealkylation sites (N-methyl/N-ethyl adjacent to an activating group) is 1. The minimum absolute atomic E-state index is 0.0609. The normalized spacial score (nSPS) is 22.4. The SMILES string of the molecule is CCN1C[C@H](O[Si](C)(C)C(C)(C)C)C[C@H]1CNC(=O)c1cc(Br)cc2c1OCC2. The predicted octanol–water partition coefficient (Wildman–Crippen LogP) is 4.60. The van der Waals surface area contributed by atoms with E-state index in [1.807, 2.05) is 12.1 Å². The summed E-state index contributed by atoms with van der Waals surface area (Å²) in [6.07, 6.45) is 2.07. The Bertz CT molecular complexity index is 763. The lowest BCUT2D eigenvalue weighted by Crippen LogP contribution is -2.44. The fourth-order valence-electron chi connectivity index (χ4n) is 3.96. The minimum atomic E-state index is -1.79. The first-order valence-electron chi connectivity index (χ1n) is 10.7. The zero-order valence-electron chi connectivity index (χ0n) is 18.6. The van der Waals surface area contributed by atoms with Crippen molar-refractivity contribution in [1.82, 2.24) is 10.2 Å². The van der Waals surface area contributed by atoms with Gasteiger partial charge in [-0.05, 0) is 48.8 Å². The van der Waals surface area contributed by atoms with Crippen LogP contribution in [0.2, 0.25) is 18.1 Å². The molecule has 29 heavy (non-hydrogen) atoms. The molecule has 1 saturated heterocycles. The highest BCUT2D eigenvalue weighted by atomic mass is 79.9. The number of carbonyl (C=O) groups is 1. The fraction of sp³-hybridized carbons (Fsp3) is 0.682. The monoisotopic (exact) mass is 482 g/mol. The molecule has 1 amide bonds. The number of carbonyl (C=O) groups excluding carboxylic acids is 1. The number of hydrogen-bond donors (Lipinski definition) is 1. The summed E-state index contributed by atoms with van der Waals surface area (Å²) < 4.78 is 13.3. The Balaban J connectivity index is 1.62. The van der Waals surface area contributed by atoms with Gasteiger partial charge in [0.15, 0.2) is 8.32 Å². The Morgan fingerprint density at radius 1 is 1.38 bits per heavy atom. The molecule has 0 unspecified atom stereocenters. The molecular formula is C22H35BrN2O3Si. The lowest BCUT2D eigenvalue weighted by Gasteiger charge is -2.38. The van der Waals surface area contributed by atoms with Crippen LogP contribution < -0.4 is 10.1 Å². The molecule has 0 radical (unpaired) electrons. The molecule has 1 fully saturated rings. The highest BCUT2D eigenvalue weighted by molar-refractivity contribution is 9.10. The van der Waals surface area contributed by atoms with Crippen molar-refractivity contribution in [3.63, 3.8) is 0 Å². The summed E-state index contributed by atoms with van der Waals surface area (Å²) in [7, 11) is -1.79. The Kier molecular flexibility index (Phi) is 6.83. The van der Waals surface area contributed by atoms with Gasteiger partial charge < -0.3 is 14.5 Å². The van der Waals surface area contributed by atoms with E-state index in [9.17, 15) is 4.79 Å². The number of benzene rings is 1. The number of hydrogen-bond acceptors (Lipinski definition) is 4. The number of ether oxygens (including phenoxy) is 1. The van der Waals surface area contributed by atoms with Gasteiger partial charge >= 0.3 is 0 Å². The van der Waals surface area contributed by atoms with E-state index in [1.54, 1.807) is 0 Å². The van der Waals surface area contributed by atoms with Crippen LogP contribution in [-0.4, -0.2) is 57.5 Å². The van der Waals surface area contributed by atoms with Gasteiger partial charge in [0.05, 0.1) is 18.3 Å². The van der Waals surface area contributed by atoms with Gasteiger partial charge in [-0.25, -0.2) is 0 Å². The number of halogens is 1. The second-order valence-electron chi connectivity index (χ2n) is 9.73. The lowest BCUT2D eigenvalue weighted by atomic mass is 10.1. The van der Waals surface area contributed by atoms with Crippen LogP contribution in [0, 0.1) is 0 Å². The van der Waals surface area contributed by atoms with E-state index in [2.05, 4.69) is 66.9 Å². The van der Waals surface area contributed by atoms with Crippen LogP contribution in [0.25, 0.3) is 0 Å². The van der Waals surface area contributed by atoms with Gasteiger partial charge in [-0.1, -0.05) is 43.6 Å². The number of likely N-dealkylation sites (tertiary alicyclic amines) is 1. The first-order chi connectivity index (χ1) is 13.5. The lowest BCUT2D eigenvalue weighted by molar-refractivity contribution is 0.0938. The Hall–Kier alpha value is -0.893. The molecule has 1 N–H and O–H groups in total. The molecule has 0 bridgehead atoms. The van der Waals surface area contributed by atoms with E-state index in [0.717, 1.165) is 41.7 Å². The van der Waals surface area contributed by atoms with Crippen LogP contribution in [0.5, 0.6) is 5.75 Å². The maximum absolute atomic E-state index is 12.9. The Morgan fingerprint density at radius 3 is 2.76 bits per heavy atom. The average Bonchev–Trinajstić information content (AvgIpc) is 3.23. The van der Waals surface area contributed by atoms with Crippen LogP contribution in [-0.2, 0) is 10.8 Å². The average molecular weight is 484 g/mol. The van der Waals surface area contributed by atoms with Gasteiger partial charge in [0, 0.05) is 30.0 Å². The van der Waals surface area contributed by atoms with E-state index in [0.29, 0.717) is 24.8 Å². The van der Waals surface area contributed by atoms with Gasteiger partial charge in [-0.3, -0.25) is 9.69 Å². The van der Waals surface area contributed by atoms with Crippen molar-refractivity contribution in [2.45, 2.75) is 70.8 Å². The molecule has 162 valence electrons. The van der Waals surface area contributed by atoms with E-state index in [-0.39, 0.29) is 17.0 Å². The second-order valence-corrected chi connectivity index (χ2v) is 15.4. The zero-order valence-corrected chi connectivity index (χ0v) is 21.2. The van der Waals surface area contributed by atoms with E-state index in [1.165, 1.54) is 0 Å². The summed E-state index contributed by atoms with van der Waals surface area (Å²) in [5.41, 5.74) is 1.73. The van der Waals surface area contributed by atoms with Gasteiger partial charge in [-0.2, -0.15) is 0 Å². The number of fused-ring (bicyclic) bond motifs is 1. The van der Waals surface area contributed by atoms with Crippen molar-refractivity contribution < 1.29 is 14.0 Å². The van der Waals surface area contributed by atoms with Crippen LogP contribution in [0.3, 0.4) is 0 Å². The topological polar surface area (TPSA) is 50.8 Å². The zero-order chi connectivity index (χ0) is 21.4. The maximum Gasteiger partial charge on any atom is 0.255 e. The molecule has 3 rings (SSSR count). The van der Waals surface area contributed by atoms with Crippen LogP contribution in [0.15, 0.2) is 16.6 Å². The predicted molar refractivity (Wildman–Crippen MR) is 123 cm³/mol. The van der Waals surface area contributed by atoms with Gasteiger partial charge in [0.2, 0.25) is 0 Å². The van der Waals surface area contributed by atoms with Gasteiger partial charge in [0.25, 0.3) is 5.91 Å². The molecule has 2 aliphatic heterocycles. The summed E-state index contributed by atoms with van der Waals surface area (Å²) in [5, 5.41) is 3.36. The van der Waals surface area contributed by atoms with Gasteiger partial charge in [-0.15, -0.1) is 0 Å². The van der Waals surface area contributed by atoms with Crippen molar-refractivity contribution in [3.8, 4) is 5.75 Å². The first-order valence-corrected chi connectivity index (χ1v) is 14.4. The molecule has 0 spiro atoms. The first kappa shape index (κ1) is 22.8. The number of nitrogens with one attached hydrogen (secondary N) is 1. The van der Waals surface area contributed by atoms with Crippen molar-refractivity contribution in [3.05, 3.63) is 27.7 Å². The minimum Gasteiger partial charge on any atom is -0.492 e. The summed E-state index contributed by atoms with van der Waals surface area (Å²) >= 11 is 3.52. The number of nitrogens with zero attached hydrogens (tertiary/aromatic N) is 1. The molecule has 0 aliphatic carbocycles. The molecule has 1 aromatic rings. The van der Waals surface area contributed by atoms with Crippen molar-refractivity contribution in [2.75, 3.05) is 26.2 Å². The third-order valence-corrected chi connectivity index (χ3v) is 11.6. The highest BCUT2D eigenvalue weighted by Crippen LogP contribution is 2.39. The Morgan fingerprint density at radius 2 is 2.10 bits per heavy atom. The molecule has 0 saturated carbocycles. The van der Waals surface area contributed by atoms with E-state index in [4.69, 9.17) is 9.16 Å². The number of rotatable bonds is 6. The molecule has 7 heteroatoms. The maximum atomic E-state index is 12.9. The molecule has 1 aromatic carbocycles. The van der Waals surface area contributed by atoms with Crippen molar-refractivity contribution in [1.29, 1.82) is 0 Å². The van der Waals surface area contributed by atoms with E-state index < -0.39 is 8.32 Å². The summed E-state index contributed by atoms with van der Waals surface area (Å²) in [4.78, 5) is 15.3. The smallest absolute Gasteiger partial charge is 0.255 e. The third-order valence-electron chi connectivity index (χ3n) is 6.65. The molecule has 2 aliphatic rings.